The molecule has 0 saturated carbocycles. The Balaban J connectivity index is 3.69. The van der Waals surface area contributed by atoms with Gasteiger partial charge in [-0.05, 0) is 73.1 Å². The fraction of sp³-hybridized carbons (Fsp3) is 0.795. The number of carbonyl (C=O) groups excluding carboxylic acids is 9. The Labute approximate surface area is 388 Å². The number of rotatable bonds is 17. The van der Waals surface area contributed by atoms with Gasteiger partial charge in [-0.3, -0.25) is 38.4 Å². The lowest BCUT2D eigenvalue weighted by molar-refractivity contribution is -0.137. The molecule has 0 spiro atoms. The maximum Gasteiger partial charge on any atom is 0.510 e. The molecule has 22 nitrogen and oxygen atoms in total. The summed E-state index contributed by atoms with van der Waals surface area (Å²) in [7, 11) is 0. The second-order valence-electron chi connectivity index (χ2n) is 18.0. The van der Waals surface area contributed by atoms with Crippen LogP contribution in [0.3, 0.4) is 0 Å². The van der Waals surface area contributed by atoms with Crippen LogP contribution in [0.1, 0.15) is 152 Å². The molecule has 0 aromatic rings. The van der Waals surface area contributed by atoms with Crippen LogP contribution < -0.4 is 43.0 Å². The topological polar surface area (TPSA) is 343 Å². The Bertz CT molecular complexity index is 1630. The lowest BCUT2D eigenvalue weighted by Crippen LogP contribution is -2.61. The minimum atomic E-state index is -1.69. The van der Waals surface area contributed by atoms with Gasteiger partial charge in [0.05, 0.1) is 18.3 Å². The van der Waals surface area contributed by atoms with E-state index in [1.54, 1.807) is 20.8 Å². The first-order valence-corrected chi connectivity index (χ1v) is 23.1. The van der Waals surface area contributed by atoms with Crippen molar-refractivity contribution in [3.8, 4) is 0 Å². The van der Waals surface area contributed by atoms with E-state index in [1.165, 1.54) is 34.6 Å². The summed E-state index contributed by atoms with van der Waals surface area (Å²) in [6, 6.07) is -9.29. The molecule has 0 aromatic carbocycles. The van der Waals surface area contributed by atoms with E-state index in [9.17, 15) is 58.5 Å². The molecule has 12 N–H and O–H groups in total. The van der Waals surface area contributed by atoms with Crippen LogP contribution in [0.5, 0.6) is 0 Å². The van der Waals surface area contributed by atoms with Crippen molar-refractivity contribution in [3.05, 3.63) is 0 Å². The van der Waals surface area contributed by atoms with Crippen molar-refractivity contribution in [3.63, 3.8) is 0 Å². The van der Waals surface area contributed by atoms with Gasteiger partial charge in [0.15, 0.2) is 6.23 Å². The third-order valence-electron chi connectivity index (χ3n) is 11.0. The molecule has 11 atom stereocenters. The van der Waals surface area contributed by atoms with Crippen LogP contribution in [0.4, 0.5) is 4.79 Å². The van der Waals surface area contributed by atoms with Crippen LogP contribution in [0, 0.1) is 5.92 Å². The van der Waals surface area contributed by atoms with Crippen molar-refractivity contribution in [2.24, 2.45) is 11.7 Å². The van der Waals surface area contributed by atoms with Crippen molar-refractivity contribution < 1.29 is 67.9 Å². The first-order chi connectivity index (χ1) is 30.8. The third kappa shape index (κ3) is 22.4. The molecule has 0 radical (unpaired) electrons. The predicted octanol–water partition coefficient (Wildman–Crippen LogP) is 0.0678. The predicted molar refractivity (Wildman–Crippen MR) is 240 cm³/mol. The Hall–Kier alpha value is -5.09. The first-order valence-electron chi connectivity index (χ1n) is 23.1. The molecule has 0 bridgehead atoms. The third-order valence-corrected chi connectivity index (χ3v) is 11.0. The molecule has 1 heterocycles. The minimum absolute atomic E-state index is 0.0534. The molecule has 1 saturated heterocycles. The highest BCUT2D eigenvalue weighted by Crippen LogP contribution is 2.27. The summed E-state index contributed by atoms with van der Waals surface area (Å²) in [5.74, 6) is -7.69. The van der Waals surface area contributed by atoms with E-state index >= 15 is 0 Å². The van der Waals surface area contributed by atoms with Crippen LogP contribution in [0.25, 0.3) is 0 Å². The van der Waals surface area contributed by atoms with E-state index in [-0.39, 0.29) is 38.0 Å². The van der Waals surface area contributed by atoms with Crippen molar-refractivity contribution in [1.29, 1.82) is 0 Å². The van der Waals surface area contributed by atoms with Gasteiger partial charge in [0, 0.05) is 19.3 Å². The van der Waals surface area contributed by atoms with Gasteiger partial charge in [-0.2, -0.15) is 0 Å². The van der Waals surface area contributed by atoms with Crippen LogP contribution in [0.2, 0.25) is 0 Å². The number of nitrogens with one attached hydrogen (secondary N) is 7. The van der Waals surface area contributed by atoms with Crippen molar-refractivity contribution in [2.75, 3.05) is 0 Å². The Morgan fingerprint density at radius 1 is 0.652 bits per heavy atom. The molecule has 1 rings (SSSR count). The zero-order valence-electron chi connectivity index (χ0n) is 40.2. The SMILES string of the molecule is CCCCCCCCCCC1(C)CCC(=O)N[C@H]([C@@H](C)O)C(=O)N[C@@H]([C@@H](C)O)C(=O)NC(C)C(=O)NC(C)C(=O)NC(CCC(N)=O)C(=O)N[C@H]([C@@H](C)O)C(=O)NC(CC(C)C)OC(=O)O1. The average molecular weight is 943 g/mol. The molecule has 378 valence electrons. The van der Waals surface area contributed by atoms with E-state index in [0.29, 0.717) is 6.42 Å². The summed E-state index contributed by atoms with van der Waals surface area (Å²) in [6.45, 7) is 13.4. The molecule has 22 heteroatoms. The summed E-state index contributed by atoms with van der Waals surface area (Å²) in [5.41, 5.74) is 3.99. The molecule has 66 heavy (non-hydrogen) atoms. The van der Waals surface area contributed by atoms with E-state index < -0.39 is 126 Å². The smallest absolute Gasteiger partial charge is 0.428 e. The molecular weight excluding hydrogens is 865 g/mol. The van der Waals surface area contributed by atoms with Crippen molar-refractivity contribution >= 4 is 53.4 Å². The van der Waals surface area contributed by atoms with E-state index in [0.717, 1.165) is 44.9 Å². The zero-order valence-corrected chi connectivity index (χ0v) is 40.2. The summed E-state index contributed by atoms with van der Waals surface area (Å²) >= 11 is 0. The summed E-state index contributed by atoms with van der Waals surface area (Å²) in [5, 5.41) is 48.4. The molecule has 5 unspecified atom stereocenters. The molecule has 1 aliphatic rings. The zero-order chi connectivity index (χ0) is 50.3. The Morgan fingerprint density at radius 2 is 1.11 bits per heavy atom. The number of primary amides is 1. The van der Waals surface area contributed by atoms with E-state index in [2.05, 4.69) is 44.1 Å². The fourth-order valence-electron chi connectivity index (χ4n) is 6.98. The lowest BCUT2D eigenvalue weighted by Gasteiger charge is -2.31. The Morgan fingerprint density at radius 3 is 1.62 bits per heavy atom. The number of aliphatic hydroxyl groups is 3. The number of hydrogen-bond donors (Lipinski definition) is 11. The van der Waals surface area contributed by atoms with E-state index in [4.69, 9.17) is 15.2 Å². The summed E-state index contributed by atoms with van der Waals surface area (Å²) in [4.78, 5) is 119. The van der Waals surface area contributed by atoms with Gasteiger partial charge in [-0.25, -0.2) is 4.79 Å². The molecule has 0 aromatic heterocycles. The number of carbonyl (C=O) groups is 9. The standard InChI is InChI=1S/C44H78N8O14/c1-10-11-12-13-14-15-16-17-21-44(9)22-20-32(57)49-34(27(6)53)42(63)52-35(28(7)54)40(61)47-25(4)37(58)46-26(5)38(59)48-30(18-19-31(45)56)39(60)51-36(29(8)55)41(62)50-33(23-24(2)3)65-43(64)66-44/h24-30,33-36,53-55H,10-23H2,1-9H3,(H2,45,56)(H,46,58)(H,47,61)(H,48,59)(H,49,57)(H,50,62)(H,51,60)(H,52,63)/t25?,26?,27-,28-,29-,30?,33?,34-,35+,36-,44?/m1/s1. The summed E-state index contributed by atoms with van der Waals surface area (Å²) < 4.78 is 11.5. The van der Waals surface area contributed by atoms with Gasteiger partial charge in [0.1, 0.15) is 41.9 Å². The van der Waals surface area contributed by atoms with Gasteiger partial charge >= 0.3 is 6.16 Å². The van der Waals surface area contributed by atoms with Crippen LogP contribution in [0.15, 0.2) is 0 Å². The quantitative estimate of drug-likeness (QED) is 0.0680. The highest BCUT2D eigenvalue weighted by molar-refractivity contribution is 5.97. The maximum atomic E-state index is 13.7. The highest BCUT2D eigenvalue weighted by Gasteiger charge is 2.37. The monoisotopic (exact) mass is 943 g/mol. The normalized spacial score (nSPS) is 27.8. The Kier molecular flexibility index (Phi) is 26.4. The highest BCUT2D eigenvalue weighted by atomic mass is 16.7. The average Bonchev–Trinajstić information content (AvgIpc) is 3.21. The van der Waals surface area contributed by atoms with Crippen molar-refractivity contribution in [2.45, 2.75) is 219 Å². The van der Waals surface area contributed by atoms with Gasteiger partial charge in [0.25, 0.3) is 0 Å². The molecule has 0 aliphatic carbocycles. The lowest BCUT2D eigenvalue weighted by atomic mass is 9.92. The van der Waals surface area contributed by atoms with Gasteiger partial charge < -0.3 is 67.7 Å². The van der Waals surface area contributed by atoms with Crippen LogP contribution in [-0.2, 0) is 47.8 Å². The second-order valence-corrected chi connectivity index (χ2v) is 18.0. The number of unbranched alkanes of at least 4 members (excludes halogenated alkanes) is 7. The number of nitrogens with two attached hydrogens (primary N) is 1. The molecular formula is C44H78N8O14. The minimum Gasteiger partial charge on any atom is -0.428 e. The number of ether oxygens (including phenoxy) is 2. The fourth-order valence-corrected chi connectivity index (χ4v) is 6.98. The number of amides is 8. The van der Waals surface area contributed by atoms with Crippen LogP contribution >= 0.6 is 0 Å². The molecule has 1 fully saturated rings. The van der Waals surface area contributed by atoms with Gasteiger partial charge in [0.2, 0.25) is 47.3 Å². The maximum absolute atomic E-state index is 13.7. The van der Waals surface area contributed by atoms with Gasteiger partial charge in [-0.1, -0.05) is 65.7 Å². The second kappa shape index (κ2) is 29.5. The van der Waals surface area contributed by atoms with Gasteiger partial charge in [-0.15, -0.1) is 0 Å². The first kappa shape index (κ1) is 58.9. The number of cyclic esters (lactones) is 2. The molecule has 1 aliphatic heterocycles. The largest absolute Gasteiger partial charge is 0.510 e. The number of hydrogen-bond acceptors (Lipinski definition) is 14. The number of aliphatic hydroxyl groups excluding tert-OH is 3. The summed E-state index contributed by atoms with van der Waals surface area (Å²) in [6.07, 6.45) is -0.169. The van der Waals surface area contributed by atoms with Crippen LogP contribution in [-0.4, -0.2) is 135 Å². The molecule has 8 amide bonds. The van der Waals surface area contributed by atoms with Crippen molar-refractivity contribution in [1.82, 2.24) is 37.2 Å². The van der Waals surface area contributed by atoms with E-state index in [1.807, 2.05) is 0 Å².